The SMILES string of the molecule is N#Cc1ccc(-c2c3c(c(-c4ccc(C#N)cc4)c4cc5ccccc5cc24)-c2ccc4c5ccc6c7c(ccc(c8ccc-3c2c84)c57)c2c(-c3ccccc3)c3cccc4c5ccccc5c(c34)c62)cc1. The van der Waals surface area contributed by atoms with Gasteiger partial charge < -0.3 is 0 Å². The zero-order valence-electron chi connectivity index (χ0n) is 38.5. The Kier molecular flexibility index (Phi) is 7.12. The summed E-state index contributed by atoms with van der Waals surface area (Å²) in [6.45, 7) is 0. The van der Waals surface area contributed by atoms with E-state index in [1.165, 1.54) is 141 Å². The van der Waals surface area contributed by atoms with Crippen LogP contribution in [0.4, 0.5) is 0 Å². The van der Waals surface area contributed by atoms with Crippen molar-refractivity contribution in [3.63, 3.8) is 0 Å². The van der Waals surface area contributed by atoms with Crippen molar-refractivity contribution in [2.45, 2.75) is 0 Å². The zero-order valence-corrected chi connectivity index (χ0v) is 38.5. The van der Waals surface area contributed by atoms with Crippen LogP contribution in [0.3, 0.4) is 0 Å². The Bertz CT molecular complexity index is 5010. The van der Waals surface area contributed by atoms with Crippen molar-refractivity contribution in [3.05, 3.63) is 217 Å². The average molecular weight is 903 g/mol. The molecule has 1 aliphatic carbocycles. The second-order valence-electron chi connectivity index (χ2n) is 19.9. The molecule has 0 unspecified atom stereocenters. The first-order valence-electron chi connectivity index (χ1n) is 24.7. The van der Waals surface area contributed by atoms with Gasteiger partial charge in [-0.1, -0.05) is 170 Å². The van der Waals surface area contributed by atoms with Crippen molar-refractivity contribution in [1.29, 1.82) is 10.5 Å². The van der Waals surface area contributed by atoms with Gasteiger partial charge in [0.1, 0.15) is 0 Å². The predicted octanol–water partition coefficient (Wildman–Crippen LogP) is 19.1. The topological polar surface area (TPSA) is 47.6 Å². The second kappa shape index (κ2) is 13.5. The Morgan fingerprint density at radius 3 is 1.19 bits per heavy atom. The standard InChI is InChI=1S/C70H34N2/c71-35-37-17-21-40(22-18-37)59-56-33-42-11-4-5-12-43(42)34-57(56)60(41-23-19-38(36-72)20-24-41)69-54-31-27-48-50-28-32-55-65-52(29-25-49(62(50)65)47-26-30-53(68(59)69)64(54)61(47)48)67-58(39-9-2-1-3-10-39)51-16-8-15-45-44-13-6-7-14-46(44)66(63(45)51)70(55)67/h1-34H. The van der Waals surface area contributed by atoms with Gasteiger partial charge in [-0.2, -0.15) is 10.5 Å². The lowest BCUT2D eigenvalue weighted by atomic mass is 9.81. The molecule has 16 aromatic rings. The maximum absolute atomic E-state index is 9.94. The van der Waals surface area contributed by atoms with Gasteiger partial charge >= 0.3 is 0 Å². The van der Waals surface area contributed by atoms with Crippen molar-refractivity contribution in [2.24, 2.45) is 0 Å². The molecule has 2 heteroatoms. The van der Waals surface area contributed by atoms with Crippen molar-refractivity contribution in [3.8, 4) is 67.8 Å². The summed E-state index contributed by atoms with van der Waals surface area (Å²) in [6.07, 6.45) is 0. The molecule has 0 N–H and O–H groups in total. The molecule has 1 aliphatic rings. The number of rotatable bonds is 3. The van der Waals surface area contributed by atoms with Crippen LogP contribution < -0.4 is 0 Å². The van der Waals surface area contributed by atoms with Crippen LogP contribution in [0.25, 0.3) is 174 Å². The van der Waals surface area contributed by atoms with Gasteiger partial charge in [0.2, 0.25) is 0 Å². The summed E-state index contributed by atoms with van der Waals surface area (Å²) in [4.78, 5) is 0. The summed E-state index contributed by atoms with van der Waals surface area (Å²) >= 11 is 0. The number of fused-ring (bicyclic) bond motifs is 14. The molecular weight excluding hydrogens is 869 g/mol. The summed E-state index contributed by atoms with van der Waals surface area (Å²) in [6, 6.07) is 80.5. The molecule has 0 atom stereocenters. The summed E-state index contributed by atoms with van der Waals surface area (Å²) in [5, 5.41) is 48.0. The zero-order chi connectivity index (χ0) is 47.1. The van der Waals surface area contributed by atoms with Crippen molar-refractivity contribution < 1.29 is 0 Å². The molecule has 0 radical (unpaired) electrons. The Balaban J connectivity index is 1.04. The first-order chi connectivity index (χ1) is 35.7. The fraction of sp³-hybridized carbons (Fsp3) is 0. The van der Waals surface area contributed by atoms with Crippen LogP contribution in [0, 0.1) is 22.7 Å². The molecule has 16 aromatic carbocycles. The molecule has 17 rings (SSSR count). The predicted molar refractivity (Wildman–Crippen MR) is 303 cm³/mol. The van der Waals surface area contributed by atoms with E-state index in [0.717, 1.165) is 33.0 Å². The molecule has 0 bridgehead atoms. The molecule has 0 aliphatic heterocycles. The first kappa shape index (κ1) is 38.0. The molecule has 72 heavy (non-hydrogen) atoms. The minimum absolute atomic E-state index is 0.635. The van der Waals surface area contributed by atoms with Gasteiger partial charge in [-0.3, -0.25) is 0 Å². The molecule has 0 saturated heterocycles. The average Bonchev–Trinajstić information content (AvgIpc) is 4.08. The van der Waals surface area contributed by atoms with Crippen LogP contribution >= 0.6 is 0 Å². The van der Waals surface area contributed by atoms with Crippen molar-refractivity contribution >= 4 is 118 Å². The molecule has 0 aromatic heterocycles. The smallest absolute Gasteiger partial charge is 0.0991 e. The van der Waals surface area contributed by atoms with E-state index in [-0.39, 0.29) is 0 Å². The maximum atomic E-state index is 9.94. The summed E-state index contributed by atoms with van der Waals surface area (Å²) in [5.41, 5.74) is 13.1. The lowest BCUT2D eigenvalue weighted by Crippen LogP contribution is -1.94. The Morgan fingerprint density at radius 1 is 0.222 bits per heavy atom. The monoisotopic (exact) mass is 902 g/mol. The van der Waals surface area contributed by atoms with Crippen LogP contribution in [0.1, 0.15) is 11.1 Å². The fourth-order valence-corrected chi connectivity index (χ4v) is 13.9. The first-order valence-corrected chi connectivity index (χ1v) is 24.7. The molecule has 0 saturated carbocycles. The Morgan fingerprint density at radius 2 is 0.611 bits per heavy atom. The van der Waals surface area contributed by atoms with E-state index in [1.54, 1.807) is 0 Å². The summed E-state index contributed by atoms with van der Waals surface area (Å²) in [5.74, 6) is 0. The molecule has 0 fully saturated rings. The van der Waals surface area contributed by atoms with Gasteiger partial charge in [-0.05, 0) is 211 Å². The normalized spacial score (nSPS) is 12.4. The van der Waals surface area contributed by atoms with E-state index < -0.39 is 0 Å². The van der Waals surface area contributed by atoms with Crippen molar-refractivity contribution in [2.75, 3.05) is 0 Å². The van der Waals surface area contributed by atoms with Crippen LogP contribution in [0.2, 0.25) is 0 Å². The highest BCUT2D eigenvalue weighted by Gasteiger charge is 2.33. The highest BCUT2D eigenvalue weighted by atomic mass is 14.4. The highest BCUT2D eigenvalue weighted by Crippen LogP contribution is 2.61. The largest absolute Gasteiger partial charge is 0.192 e. The van der Waals surface area contributed by atoms with E-state index in [0.29, 0.717) is 11.1 Å². The van der Waals surface area contributed by atoms with Crippen LogP contribution in [0.15, 0.2) is 206 Å². The van der Waals surface area contributed by atoms with E-state index in [4.69, 9.17) is 0 Å². The van der Waals surface area contributed by atoms with E-state index in [9.17, 15) is 10.5 Å². The molecule has 0 spiro atoms. The van der Waals surface area contributed by atoms with E-state index in [1.807, 2.05) is 24.3 Å². The maximum Gasteiger partial charge on any atom is 0.0991 e. The third-order valence-electron chi connectivity index (χ3n) is 16.6. The number of nitrogens with zero attached hydrogens (tertiary/aromatic N) is 2. The minimum atomic E-state index is 0.635. The molecule has 324 valence electrons. The van der Waals surface area contributed by atoms with Gasteiger partial charge in [-0.25, -0.2) is 0 Å². The number of nitriles is 2. The van der Waals surface area contributed by atoms with Gasteiger partial charge in [0.05, 0.1) is 23.3 Å². The van der Waals surface area contributed by atoms with Gasteiger partial charge in [0.25, 0.3) is 0 Å². The number of benzene rings is 14. The quantitative estimate of drug-likeness (QED) is 0.131. The molecule has 0 amide bonds. The Labute approximate surface area is 412 Å². The van der Waals surface area contributed by atoms with Crippen LogP contribution in [-0.4, -0.2) is 0 Å². The lowest BCUT2D eigenvalue weighted by Gasteiger charge is -2.21. The Hall–Kier alpha value is -9.86. The minimum Gasteiger partial charge on any atom is -0.192 e. The summed E-state index contributed by atoms with van der Waals surface area (Å²) < 4.78 is 0. The lowest BCUT2D eigenvalue weighted by molar-refractivity contribution is 1.48. The second-order valence-corrected chi connectivity index (χ2v) is 19.9. The van der Waals surface area contributed by atoms with E-state index >= 15 is 0 Å². The number of hydrogen-bond donors (Lipinski definition) is 0. The molecular formula is C70H34N2. The van der Waals surface area contributed by atoms with Crippen LogP contribution in [-0.2, 0) is 0 Å². The summed E-state index contributed by atoms with van der Waals surface area (Å²) in [7, 11) is 0. The van der Waals surface area contributed by atoms with Crippen LogP contribution in [0.5, 0.6) is 0 Å². The third-order valence-corrected chi connectivity index (χ3v) is 16.6. The molecule has 0 heterocycles. The van der Waals surface area contributed by atoms with E-state index in [2.05, 4.69) is 194 Å². The highest BCUT2D eigenvalue weighted by molar-refractivity contribution is 6.51. The third kappa shape index (κ3) is 4.59. The van der Waals surface area contributed by atoms with Gasteiger partial charge in [0, 0.05) is 0 Å². The van der Waals surface area contributed by atoms with Crippen molar-refractivity contribution in [1.82, 2.24) is 0 Å². The molecule has 2 nitrogen and oxygen atoms in total. The number of hydrogen-bond acceptors (Lipinski definition) is 2. The van der Waals surface area contributed by atoms with Gasteiger partial charge in [-0.15, -0.1) is 0 Å². The fourth-order valence-electron chi connectivity index (χ4n) is 13.9. The van der Waals surface area contributed by atoms with Gasteiger partial charge in [0.15, 0.2) is 0 Å².